The van der Waals surface area contributed by atoms with Gasteiger partial charge < -0.3 is 19.6 Å². The summed E-state index contributed by atoms with van der Waals surface area (Å²) in [4.78, 5) is 17.6. The summed E-state index contributed by atoms with van der Waals surface area (Å²) in [7, 11) is 1.61. The average Bonchev–Trinajstić information content (AvgIpc) is 2.84. The maximum Gasteiger partial charge on any atom is 0.260 e. The largest absolute Gasteiger partial charge is 0.493 e. The zero-order valence-corrected chi connectivity index (χ0v) is 19.9. The molecule has 2 aromatic carbocycles. The van der Waals surface area contributed by atoms with Gasteiger partial charge in [0.2, 0.25) is 0 Å². The van der Waals surface area contributed by atoms with E-state index >= 15 is 0 Å². The number of benzene rings is 2. The van der Waals surface area contributed by atoms with Crippen LogP contribution in [0.5, 0.6) is 11.5 Å². The standard InChI is InChI=1S/C28H34N2O4/c1-32-25-8-7-21(12-26(25)33-17-20-5-3-2-4-6-20)16-30-34-18-27(31)29-19-28-13-22-9-23(14-28)11-24(10-22)15-28/h2-8,12,16,22-24H,9-11,13-15,17-19H2,1H3,(H,29,31). The number of amides is 1. The van der Waals surface area contributed by atoms with E-state index in [2.05, 4.69) is 10.5 Å². The van der Waals surface area contributed by atoms with Gasteiger partial charge in [-0.05, 0) is 85.5 Å². The van der Waals surface area contributed by atoms with Gasteiger partial charge in [0.1, 0.15) is 6.61 Å². The Bertz CT molecular complexity index is 985. The fourth-order valence-corrected chi connectivity index (χ4v) is 6.66. The fraction of sp³-hybridized carbons (Fsp3) is 0.500. The number of hydrogen-bond donors (Lipinski definition) is 1. The van der Waals surface area contributed by atoms with Crippen molar-refractivity contribution in [3.05, 3.63) is 59.7 Å². The molecule has 4 aliphatic carbocycles. The van der Waals surface area contributed by atoms with Gasteiger partial charge in [-0.2, -0.15) is 0 Å². The number of hydrogen-bond acceptors (Lipinski definition) is 5. The molecule has 0 aliphatic heterocycles. The SMILES string of the molecule is COc1ccc(C=NOCC(=O)NCC23CC4CC(CC(C4)C2)C3)cc1OCc1ccccc1. The molecule has 6 heteroatoms. The van der Waals surface area contributed by atoms with E-state index in [0.29, 0.717) is 23.5 Å². The van der Waals surface area contributed by atoms with Crippen LogP contribution in [0.3, 0.4) is 0 Å². The van der Waals surface area contributed by atoms with E-state index < -0.39 is 0 Å². The highest BCUT2D eigenvalue weighted by molar-refractivity contribution is 5.81. The van der Waals surface area contributed by atoms with Gasteiger partial charge in [-0.1, -0.05) is 35.5 Å². The molecular formula is C28H34N2O4. The van der Waals surface area contributed by atoms with Crippen LogP contribution in [0.4, 0.5) is 0 Å². The minimum atomic E-state index is -0.102. The van der Waals surface area contributed by atoms with Crippen molar-refractivity contribution in [2.45, 2.75) is 45.1 Å². The molecule has 4 saturated carbocycles. The van der Waals surface area contributed by atoms with Gasteiger partial charge in [-0.15, -0.1) is 0 Å². The maximum absolute atomic E-state index is 12.4. The van der Waals surface area contributed by atoms with Gasteiger partial charge in [0.15, 0.2) is 18.1 Å². The zero-order chi connectivity index (χ0) is 23.4. The van der Waals surface area contributed by atoms with Gasteiger partial charge >= 0.3 is 0 Å². The van der Waals surface area contributed by atoms with Crippen LogP contribution in [0.15, 0.2) is 53.7 Å². The Balaban J connectivity index is 1.09. The van der Waals surface area contributed by atoms with Crippen molar-refractivity contribution in [3.8, 4) is 11.5 Å². The summed E-state index contributed by atoms with van der Waals surface area (Å²) in [5.74, 6) is 3.83. The van der Waals surface area contributed by atoms with Crippen molar-refractivity contribution in [1.82, 2.24) is 5.32 Å². The molecule has 1 amide bonds. The minimum Gasteiger partial charge on any atom is -0.493 e. The Morgan fingerprint density at radius 2 is 1.74 bits per heavy atom. The predicted molar refractivity (Wildman–Crippen MR) is 131 cm³/mol. The first-order chi connectivity index (χ1) is 16.6. The van der Waals surface area contributed by atoms with Crippen molar-refractivity contribution in [1.29, 1.82) is 0 Å². The number of rotatable bonds is 10. The molecule has 0 unspecified atom stereocenters. The molecule has 1 N–H and O–H groups in total. The lowest BCUT2D eigenvalue weighted by molar-refractivity contribution is -0.127. The molecule has 0 spiro atoms. The summed E-state index contributed by atoms with van der Waals surface area (Å²) in [6.07, 6.45) is 9.67. The first kappa shape index (κ1) is 22.8. The first-order valence-corrected chi connectivity index (χ1v) is 12.4. The minimum absolute atomic E-state index is 0.0730. The van der Waals surface area contributed by atoms with Crippen molar-refractivity contribution in [2.75, 3.05) is 20.3 Å². The van der Waals surface area contributed by atoms with Crippen LogP contribution < -0.4 is 14.8 Å². The number of methoxy groups -OCH3 is 1. The number of oxime groups is 1. The number of ether oxygens (including phenoxy) is 2. The van der Waals surface area contributed by atoms with Gasteiger partial charge in [-0.3, -0.25) is 4.79 Å². The highest BCUT2D eigenvalue weighted by Crippen LogP contribution is 2.59. The predicted octanol–water partition coefficient (Wildman–Crippen LogP) is 4.96. The van der Waals surface area contributed by atoms with Crippen molar-refractivity contribution in [2.24, 2.45) is 28.3 Å². The lowest BCUT2D eigenvalue weighted by atomic mass is 9.49. The van der Waals surface area contributed by atoms with Crippen LogP contribution in [0, 0.1) is 23.2 Å². The van der Waals surface area contributed by atoms with E-state index in [-0.39, 0.29) is 12.5 Å². The van der Waals surface area contributed by atoms with E-state index in [4.69, 9.17) is 14.3 Å². The van der Waals surface area contributed by atoms with E-state index in [1.807, 2.05) is 48.5 Å². The molecule has 4 fully saturated rings. The quantitative estimate of drug-likeness (QED) is 0.400. The summed E-state index contributed by atoms with van der Waals surface area (Å²) < 4.78 is 11.3. The summed E-state index contributed by atoms with van der Waals surface area (Å²) in [5.41, 5.74) is 2.21. The summed E-state index contributed by atoms with van der Waals surface area (Å²) in [6.45, 7) is 1.15. The molecule has 0 saturated heterocycles. The van der Waals surface area contributed by atoms with Crippen LogP contribution in [-0.4, -0.2) is 32.4 Å². The second-order valence-electron chi connectivity index (χ2n) is 10.4. The molecule has 4 bridgehead atoms. The number of nitrogens with one attached hydrogen (secondary N) is 1. The topological polar surface area (TPSA) is 69.2 Å². The third-order valence-electron chi connectivity index (χ3n) is 7.72. The van der Waals surface area contributed by atoms with E-state index in [1.165, 1.54) is 38.5 Å². The summed E-state index contributed by atoms with van der Waals surface area (Å²) >= 11 is 0. The summed E-state index contributed by atoms with van der Waals surface area (Å²) in [5, 5.41) is 7.11. The monoisotopic (exact) mass is 462 g/mol. The normalized spacial score (nSPS) is 27.0. The lowest BCUT2D eigenvalue weighted by Crippen LogP contribution is -2.51. The van der Waals surface area contributed by atoms with Crippen molar-refractivity contribution < 1.29 is 19.1 Å². The second kappa shape index (κ2) is 10.1. The number of carbonyl (C=O) groups is 1. The van der Waals surface area contributed by atoms with Crippen LogP contribution in [0.25, 0.3) is 0 Å². The van der Waals surface area contributed by atoms with Gasteiger partial charge in [0.05, 0.1) is 13.3 Å². The van der Waals surface area contributed by atoms with Gasteiger partial charge in [-0.25, -0.2) is 0 Å². The Morgan fingerprint density at radius 3 is 2.41 bits per heavy atom. The molecule has 0 aromatic heterocycles. The molecule has 180 valence electrons. The van der Waals surface area contributed by atoms with E-state index in [1.54, 1.807) is 13.3 Å². The van der Waals surface area contributed by atoms with Gasteiger partial charge in [0, 0.05) is 12.1 Å². The first-order valence-electron chi connectivity index (χ1n) is 12.4. The average molecular weight is 463 g/mol. The molecule has 2 aromatic rings. The Labute approximate surface area is 201 Å². The molecule has 0 atom stereocenters. The van der Waals surface area contributed by atoms with Crippen LogP contribution in [0.2, 0.25) is 0 Å². The van der Waals surface area contributed by atoms with Crippen molar-refractivity contribution in [3.63, 3.8) is 0 Å². The Kier molecular flexibility index (Phi) is 6.75. The third-order valence-corrected chi connectivity index (χ3v) is 7.72. The highest BCUT2D eigenvalue weighted by atomic mass is 16.6. The van der Waals surface area contributed by atoms with Crippen molar-refractivity contribution >= 4 is 12.1 Å². The molecule has 0 radical (unpaired) electrons. The zero-order valence-electron chi connectivity index (χ0n) is 19.9. The van der Waals surface area contributed by atoms with E-state index in [0.717, 1.165) is 35.4 Å². The highest BCUT2D eigenvalue weighted by Gasteiger charge is 2.50. The Morgan fingerprint density at radius 1 is 1.03 bits per heavy atom. The molecule has 4 aliphatic rings. The van der Waals surface area contributed by atoms with Crippen LogP contribution >= 0.6 is 0 Å². The fourth-order valence-electron chi connectivity index (χ4n) is 6.66. The van der Waals surface area contributed by atoms with Gasteiger partial charge in [0.25, 0.3) is 5.91 Å². The van der Waals surface area contributed by atoms with Crippen LogP contribution in [0.1, 0.15) is 49.7 Å². The molecule has 34 heavy (non-hydrogen) atoms. The molecule has 6 rings (SSSR count). The molecule has 0 heterocycles. The summed E-state index contributed by atoms with van der Waals surface area (Å²) in [6, 6.07) is 15.5. The smallest absolute Gasteiger partial charge is 0.260 e. The van der Waals surface area contributed by atoms with E-state index in [9.17, 15) is 4.79 Å². The number of carbonyl (C=O) groups excluding carboxylic acids is 1. The second-order valence-corrected chi connectivity index (χ2v) is 10.4. The number of nitrogens with zero attached hydrogens (tertiary/aromatic N) is 1. The third kappa shape index (κ3) is 5.37. The maximum atomic E-state index is 12.4. The lowest BCUT2D eigenvalue weighted by Gasteiger charge is -2.56. The van der Waals surface area contributed by atoms with Crippen LogP contribution in [-0.2, 0) is 16.2 Å². The molecular weight excluding hydrogens is 428 g/mol. The molecule has 6 nitrogen and oxygen atoms in total. The Hall–Kier alpha value is -3.02.